The predicted molar refractivity (Wildman–Crippen MR) is 54.0 cm³/mol. The summed E-state index contributed by atoms with van der Waals surface area (Å²) >= 11 is 0. The molecule has 1 saturated carbocycles. The second-order valence-corrected chi connectivity index (χ2v) is 5.03. The van der Waals surface area contributed by atoms with Crippen molar-refractivity contribution in [2.75, 3.05) is 0 Å². The summed E-state index contributed by atoms with van der Waals surface area (Å²) in [4.78, 5) is 4.34. The highest BCUT2D eigenvalue weighted by Gasteiger charge is 2.43. The van der Waals surface area contributed by atoms with Crippen LogP contribution in [0.4, 0.5) is 0 Å². The highest BCUT2D eigenvalue weighted by molar-refractivity contribution is 5.05. The van der Waals surface area contributed by atoms with E-state index in [-0.39, 0.29) is 0 Å². The van der Waals surface area contributed by atoms with Crippen LogP contribution in [0.1, 0.15) is 51.2 Å². The molecule has 78 valence electrons. The van der Waals surface area contributed by atoms with Crippen LogP contribution in [0.25, 0.3) is 0 Å². The van der Waals surface area contributed by atoms with E-state index >= 15 is 0 Å². The van der Waals surface area contributed by atoms with Gasteiger partial charge < -0.3 is 4.52 Å². The molecule has 1 fully saturated rings. The Balaban J connectivity index is 2.28. The normalized spacial score (nSPS) is 30.9. The quantitative estimate of drug-likeness (QED) is 0.690. The van der Waals surface area contributed by atoms with E-state index in [2.05, 4.69) is 30.9 Å². The van der Waals surface area contributed by atoms with Crippen molar-refractivity contribution in [2.24, 2.45) is 11.3 Å². The Hall–Kier alpha value is -0.860. The summed E-state index contributed by atoms with van der Waals surface area (Å²) in [6, 6.07) is 0. The van der Waals surface area contributed by atoms with E-state index < -0.39 is 0 Å². The van der Waals surface area contributed by atoms with E-state index in [1.54, 1.807) is 0 Å². The predicted octanol–water partition coefficient (Wildman–Crippen LogP) is 2.92. The fraction of sp³-hybridized carbons (Fsp3) is 0.818. The molecule has 2 rings (SSSR count). The SMILES string of the molecule is Cc1noc([C@H]2CC[C@@H](C)C2(C)C)n1. The highest BCUT2D eigenvalue weighted by atomic mass is 16.5. The average molecular weight is 194 g/mol. The molecular formula is C11H18N2O. The topological polar surface area (TPSA) is 38.9 Å². The van der Waals surface area contributed by atoms with Gasteiger partial charge in [0.25, 0.3) is 0 Å². The van der Waals surface area contributed by atoms with Gasteiger partial charge in [0, 0.05) is 5.92 Å². The van der Waals surface area contributed by atoms with Gasteiger partial charge in [-0.05, 0) is 31.1 Å². The lowest BCUT2D eigenvalue weighted by molar-refractivity contribution is 0.212. The Kier molecular flexibility index (Phi) is 2.13. The van der Waals surface area contributed by atoms with Crippen molar-refractivity contribution in [1.29, 1.82) is 0 Å². The maximum atomic E-state index is 5.27. The first-order valence-corrected chi connectivity index (χ1v) is 5.32. The molecule has 0 aliphatic heterocycles. The molecule has 1 aliphatic rings. The number of aromatic nitrogens is 2. The van der Waals surface area contributed by atoms with Gasteiger partial charge in [-0.2, -0.15) is 4.98 Å². The third-order valence-electron chi connectivity index (χ3n) is 3.90. The highest BCUT2D eigenvalue weighted by Crippen LogP contribution is 2.51. The molecule has 0 unspecified atom stereocenters. The summed E-state index contributed by atoms with van der Waals surface area (Å²) < 4.78 is 5.27. The Morgan fingerprint density at radius 1 is 1.36 bits per heavy atom. The molecule has 0 aromatic carbocycles. The van der Waals surface area contributed by atoms with Crippen LogP contribution in [0.3, 0.4) is 0 Å². The first kappa shape index (κ1) is 9.69. The Morgan fingerprint density at radius 3 is 2.50 bits per heavy atom. The van der Waals surface area contributed by atoms with Crippen molar-refractivity contribution in [3.05, 3.63) is 11.7 Å². The summed E-state index contributed by atoms with van der Waals surface area (Å²) in [6.45, 7) is 8.78. The van der Waals surface area contributed by atoms with Gasteiger partial charge in [-0.15, -0.1) is 0 Å². The smallest absolute Gasteiger partial charge is 0.230 e. The van der Waals surface area contributed by atoms with Gasteiger partial charge in [0.15, 0.2) is 5.82 Å². The maximum absolute atomic E-state index is 5.27. The van der Waals surface area contributed by atoms with Crippen LogP contribution >= 0.6 is 0 Å². The van der Waals surface area contributed by atoms with Crippen molar-refractivity contribution >= 4 is 0 Å². The van der Waals surface area contributed by atoms with Gasteiger partial charge >= 0.3 is 0 Å². The molecule has 1 aromatic rings. The zero-order valence-corrected chi connectivity index (χ0v) is 9.37. The van der Waals surface area contributed by atoms with Gasteiger partial charge in [-0.25, -0.2) is 0 Å². The molecular weight excluding hydrogens is 176 g/mol. The molecule has 0 saturated heterocycles. The molecule has 0 amide bonds. The van der Waals surface area contributed by atoms with Crippen LogP contribution in [0.2, 0.25) is 0 Å². The van der Waals surface area contributed by atoms with Crippen LogP contribution in [0, 0.1) is 18.3 Å². The van der Waals surface area contributed by atoms with Crippen LogP contribution in [-0.2, 0) is 0 Å². The number of rotatable bonds is 1. The van der Waals surface area contributed by atoms with Crippen LogP contribution in [0.15, 0.2) is 4.52 Å². The van der Waals surface area contributed by atoms with E-state index in [1.807, 2.05) is 6.92 Å². The van der Waals surface area contributed by atoms with Gasteiger partial charge in [-0.3, -0.25) is 0 Å². The minimum Gasteiger partial charge on any atom is -0.339 e. The van der Waals surface area contributed by atoms with E-state index in [0.717, 1.165) is 17.6 Å². The lowest BCUT2D eigenvalue weighted by atomic mass is 9.76. The summed E-state index contributed by atoms with van der Waals surface area (Å²) in [5.41, 5.74) is 0.291. The molecule has 0 spiro atoms. The third-order valence-corrected chi connectivity index (χ3v) is 3.90. The zero-order valence-electron chi connectivity index (χ0n) is 9.37. The number of aryl methyl sites for hydroxylation is 1. The molecule has 2 atom stereocenters. The molecule has 0 N–H and O–H groups in total. The van der Waals surface area contributed by atoms with E-state index in [0.29, 0.717) is 11.3 Å². The molecule has 1 aliphatic carbocycles. The summed E-state index contributed by atoms with van der Waals surface area (Å²) in [5.74, 6) is 2.76. The summed E-state index contributed by atoms with van der Waals surface area (Å²) in [6.07, 6.45) is 2.44. The van der Waals surface area contributed by atoms with Gasteiger partial charge in [-0.1, -0.05) is 25.9 Å². The van der Waals surface area contributed by atoms with E-state index in [4.69, 9.17) is 4.52 Å². The average Bonchev–Trinajstić information content (AvgIpc) is 2.60. The van der Waals surface area contributed by atoms with Gasteiger partial charge in [0.1, 0.15) is 0 Å². The molecule has 1 aromatic heterocycles. The van der Waals surface area contributed by atoms with Crippen LogP contribution < -0.4 is 0 Å². The lowest BCUT2D eigenvalue weighted by Gasteiger charge is -2.28. The Morgan fingerprint density at radius 2 is 2.07 bits per heavy atom. The third kappa shape index (κ3) is 1.35. The molecule has 14 heavy (non-hydrogen) atoms. The van der Waals surface area contributed by atoms with Gasteiger partial charge in [0.2, 0.25) is 5.89 Å². The van der Waals surface area contributed by atoms with Crippen LogP contribution in [-0.4, -0.2) is 10.1 Å². The number of hydrogen-bond donors (Lipinski definition) is 0. The molecule has 0 radical (unpaired) electrons. The largest absolute Gasteiger partial charge is 0.339 e. The Bertz CT molecular complexity index is 330. The molecule has 1 heterocycles. The van der Waals surface area contributed by atoms with Crippen LogP contribution in [0.5, 0.6) is 0 Å². The second kappa shape index (κ2) is 3.07. The van der Waals surface area contributed by atoms with Crippen molar-refractivity contribution in [2.45, 2.75) is 46.5 Å². The second-order valence-electron chi connectivity index (χ2n) is 5.03. The number of nitrogens with zero attached hydrogens (tertiary/aromatic N) is 2. The zero-order chi connectivity index (χ0) is 10.3. The number of hydrogen-bond acceptors (Lipinski definition) is 3. The van der Waals surface area contributed by atoms with Crippen molar-refractivity contribution in [3.63, 3.8) is 0 Å². The standard InChI is InChI=1S/C11H18N2O/c1-7-5-6-9(11(7,3)4)10-12-8(2)13-14-10/h7,9H,5-6H2,1-4H3/t7-,9-/m1/s1. The van der Waals surface area contributed by atoms with Crippen molar-refractivity contribution < 1.29 is 4.52 Å². The fourth-order valence-corrected chi connectivity index (χ4v) is 2.40. The monoisotopic (exact) mass is 194 g/mol. The van der Waals surface area contributed by atoms with E-state index in [1.165, 1.54) is 12.8 Å². The first-order chi connectivity index (χ1) is 6.51. The molecule has 3 nitrogen and oxygen atoms in total. The lowest BCUT2D eigenvalue weighted by Crippen LogP contribution is -2.22. The van der Waals surface area contributed by atoms with E-state index in [9.17, 15) is 0 Å². The van der Waals surface area contributed by atoms with Crippen molar-refractivity contribution in [3.8, 4) is 0 Å². The molecule has 0 bridgehead atoms. The summed E-state index contributed by atoms with van der Waals surface area (Å²) in [5, 5.41) is 3.87. The van der Waals surface area contributed by atoms with Crippen molar-refractivity contribution in [1.82, 2.24) is 10.1 Å². The van der Waals surface area contributed by atoms with Gasteiger partial charge in [0.05, 0.1) is 0 Å². The maximum Gasteiger partial charge on any atom is 0.230 e. The minimum absolute atomic E-state index is 0.291. The minimum atomic E-state index is 0.291. The Labute approximate surface area is 84.9 Å². The summed E-state index contributed by atoms with van der Waals surface area (Å²) in [7, 11) is 0. The fourth-order valence-electron chi connectivity index (χ4n) is 2.40. The molecule has 3 heteroatoms. The first-order valence-electron chi connectivity index (χ1n) is 5.32.